The minimum absolute atomic E-state index is 0.0240. The summed E-state index contributed by atoms with van der Waals surface area (Å²) in [6, 6.07) is 10.4. The van der Waals surface area contributed by atoms with Gasteiger partial charge in [0.2, 0.25) is 0 Å². The Bertz CT molecular complexity index is 818. The molecular formula is C20H28FNO4S. The van der Waals surface area contributed by atoms with Gasteiger partial charge in [-0.3, -0.25) is 4.79 Å². The van der Waals surface area contributed by atoms with Crippen LogP contribution < -0.4 is 9.50 Å². The van der Waals surface area contributed by atoms with Gasteiger partial charge in [0.15, 0.2) is 5.75 Å². The second kappa shape index (κ2) is 12.1. The average molecular weight is 398 g/mol. The van der Waals surface area contributed by atoms with Crippen molar-refractivity contribution in [2.75, 3.05) is 6.26 Å². The number of halogens is 1. The van der Waals surface area contributed by atoms with Gasteiger partial charge in [0.05, 0.1) is 11.8 Å². The van der Waals surface area contributed by atoms with Gasteiger partial charge in [-0.15, -0.1) is 0 Å². The first-order chi connectivity index (χ1) is 12.7. The lowest BCUT2D eigenvalue weighted by Gasteiger charge is -2.11. The molecule has 0 heterocycles. The summed E-state index contributed by atoms with van der Waals surface area (Å²) in [5.74, 6) is -0.862. The highest BCUT2D eigenvalue weighted by molar-refractivity contribution is 7.86. The molecule has 0 aromatic heterocycles. The highest BCUT2D eigenvalue weighted by Crippen LogP contribution is 2.22. The van der Waals surface area contributed by atoms with Crippen LogP contribution in [0.25, 0.3) is 0 Å². The van der Waals surface area contributed by atoms with Crippen molar-refractivity contribution in [3.05, 3.63) is 65.0 Å². The standard InChI is InChI=1S/C16H16FNO4S.2C2H6/c1-11-3-8-14(15(9-11)22-23(2,20)21)16(19)18-10-12-4-6-13(17)7-5-12;2*1-2/h3-9H,10H2,1-2H3,(H,18,19);2*1-2H3. The third kappa shape index (κ3) is 9.19. The average Bonchev–Trinajstić information content (AvgIpc) is 2.63. The van der Waals surface area contributed by atoms with Crippen molar-refractivity contribution in [1.29, 1.82) is 0 Å². The van der Waals surface area contributed by atoms with Crippen LogP contribution in [0.2, 0.25) is 0 Å². The monoisotopic (exact) mass is 397 g/mol. The van der Waals surface area contributed by atoms with Crippen LogP contribution in [-0.4, -0.2) is 20.6 Å². The molecule has 2 aromatic rings. The van der Waals surface area contributed by atoms with Gasteiger partial charge in [0, 0.05) is 6.54 Å². The van der Waals surface area contributed by atoms with Crippen molar-refractivity contribution >= 4 is 16.0 Å². The Morgan fingerprint density at radius 3 is 2.11 bits per heavy atom. The highest BCUT2D eigenvalue weighted by atomic mass is 32.2. The predicted molar refractivity (Wildman–Crippen MR) is 107 cm³/mol. The third-order valence-corrected chi connectivity index (χ3v) is 3.47. The fraction of sp³-hybridized carbons (Fsp3) is 0.350. The molecule has 0 saturated carbocycles. The number of hydrogen-bond acceptors (Lipinski definition) is 4. The SMILES string of the molecule is CC.CC.Cc1ccc(C(=O)NCc2ccc(F)cc2)c(OS(C)(=O)=O)c1. The van der Waals surface area contributed by atoms with Crippen LogP contribution in [0.3, 0.4) is 0 Å². The fourth-order valence-electron chi connectivity index (χ4n) is 1.93. The molecular weight excluding hydrogens is 369 g/mol. The largest absolute Gasteiger partial charge is 0.382 e. The van der Waals surface area contributed by atoms with Crippen LogP contribution in [0.5, 0.6) is 5.75 Å². The Balaban J connectivity index is 0.00000158. The van der Waals surface area contributed by atoms with Crippen molar-refractivity contribution in [2.24, 2.45) is 0 Å². The lowest BCUT2D eigenvalue weighted by Crippen LogP contribution is -2.24. The molecule has 1 N–H and O–H groups in total. The second-order valence-electron chi connectivity index (χ2n) is 5.10. The maximum absolute atomic E-state index is 12.8. The van der Waals surface area contributed by atoms with Gasteiger partial charge < -0.3 is 9.50 Å². The molecule has 1 amide bonds. The third-order valence-electron chi connectivity index (χ3n) is 2.99. The molecule has 0 aliphatic rings. The molecule has 0 radical (unpaired) electrons. The molecule has 0 saturated heterocycles. The Kier molecular flexibility index (Phi) is 11.0. The molecule has 2 rings (SSSR count). The summed E-state index contributed by atoms with van der Waals surface area (Å²) < 4.78 is 40.3. The van der Waals surface area contributed by atoms with Gasteiger partial charge in [0.1, 0.15) is 5.82 Å². The number of carbonyl (C=O) groups is 1. The van der Waals surface area contributed by atoms with Crippen LogP contribution in [0.15, 0.2) is 42.5 Å². The van der Waals surface area contributed by atoms with Gasteiger partial charge in [-0.05, 0) is 42.3 Å². The summed E-state index contributed by atoms with van der Waals surface area (Å²) in [6.07, 6.45) is 0.912. The summed E-state index contributed by atoms with van der Waals surface area (Å²) in [5, 5.41) is 2.64. The predicted octanol–water partition coefficient (Wildman–Crippen LogP) is 4.45. The van der Waals surface area contributed by atoms with Crippen molar-refractivity contribution in [3.63, 3.8) is 0 Å². The lowest BCUT2D eigenvalue weighted by atomic mass is 10.1. The minimum Gasteiger partial charge on any atom is -0.382 e. The summed E-state index contributed by atoms with van der Waals surface area (Å²) in [6.45, 7) is 9.95. The van der Waals surface area contributed by atoms with Crippen molar-refractivity contribution in [3.8, 4) is 5.75 Å². The number of hydrogen-bond donors (Lipinski definition) is 1. The van der Waals surface area contributed by atoms with E-state index in [2.05, 4.69) is 5.32 Å². The Hall–Kier alpha value is -2.41. The van der Waals surface area contributed by atoms with E-state index in [1.807, 2.05) is 27.7 Å². The smallest absolute Gasteiger partial charge is 0.306 e. The van der Waals surface area contributed by atoms with E-state index in [9.17, 15) is 17.6 Å². The van der Waals surface area contributed by atoms with Crippen molar-refractivity contribution in [2.45, 2.75) is 41.2 Å². The van der Waals surface area contributed by atoms with Crippen LogP contribution >= 0.6 is 0 Å². The van der Waals surface area contributed by atoms with E-state index < -0.39 is 16.0 Å². The zero-order valence-electron chi connectivity index (χ0n) is 16.7. The van der Waals surface area contributed by atoms with Gasteiger partial charge in [0.25, 0.3) is 5.91 Å². The fourth-order valence-corrected chi connectivity index (χ4v) is 2.39. The molecule has 7 heteroatoms. The van der Waals surface area contributed by atoms with Gasteiger partial charge in [-0.25, -0.2) is 4.39 Å². The molecule has 0 spiro atoms. The highest BCUT2D eigenvalue weighted by Gasteiger charge is 2.16. The second-order valence-corrected chi connectivity index (χ2v) is 6.67. The number of aryl methyl sites for hydroxylation is 1. The summed E-state index contributed by atoms with van der Waals surface area (Å²) in [4.78, 5) is 12.2. The van der Waals surface area contributed by atoms with Gasteiger partial charge in [-0.2, -0.15) is 8.42 Å². The maximum Gasteiger partial charge on any atom is 0.306 e. The van der Waals surface area contributed by atoms with Crippen LogP contribution in [0, 0.1) is 12.7 Å². The van der Waals surface area contributed by atoms with E-state index in [1.165, 1.54) is 24.3 Å². The quantitative estimate of drug-likeness (QED) is 0.757. The Labute approximate surface area is 161 Å². The van der Waals surface area contributed by atoms with E-state index in [0.717, 1.165) is 17.4 Å². The zero-order chi connectivity index (χ0) is 21.0. The molecule has 0 unspecified atom stereocenters. The first kappa shape index (κ1) is 24.6. The number of nitrogens with one attached hydrogen (secondary N) is 1. The molecule has 2 aromatic carbocycles. The molecule has 0 atom stereocenters. The van der Waals surface area contributed by atoms with E-state index in [1.54, 1.807) is 25.1 Å². The molecule has 27 heavy (non-hydrogen) atoms. The van der Waals surface area contributed by atoms with Gasteiger partial charge >= 0.3 is 10.1 Å². The summed E-state index contributed by atoms with van der Waals surface area (Å²) in [7, 11) is -3.74. The molecule has 0 bridgehead atoms. The van der Waals surface area contributed by atoms with Gasteiger partial charge in [-0.1, -0.05) is 45.9 Å². The molecule has 0 aliphatic heterocycles. The summed E-state index contributed by atoms with van der Waals surface area (Å²) in [5.41, 5.74) is 1.60. The van der Waals surface area contributed by atoms with E-state index in [-0.39, 0.29) is 23.7 Å². The Morgan fingerprint density at radius 1 is 1.04 bits per heavy atom. The normalized spacial score (nSPS) is 9.89. The Morgan fingerprint density at radius 2 is 1.59 bits per heavy atom. The number of rotatable bonds is 5. The number of amides is 1. The molecule has 0 aliphatic carbocycles. The molecule has 150 valence electrons. The van der Waals surface area contributed by atoms with Crippen LogP contribution in [0.4, 0.5) is 4.39 Å². The topological polar surface area (TPSA) is 72.5 Å². The number of carbonyl (C=O) groups excluding carboxylic acids is 1. The molecule has 5 nitrogen and oxygen atoms in total. The molecule has 0 fully saturated rings. The van der Waals surface area contributed by atoms with Crippen LogP contribution in [-0.2, 0) is 16.7 Å². The number of benzene rings is 2. The van der Waals surface area contributed by atoms with E-state index >= 15 is 0 Å². The minimum atomic E-state index is -3.74. The summed E-state index contributed by atoms with van der Waals surface area (Å²) >= 11 is 0. The van der Waals surface area contributed by atoms with Crippen molar-refractivity contribution < 1.29 is 21.8 Å². The van der Waals surface area contributed by atoms with Crippen LogP contribution in [0.1, 0.15) is 49.2 Å². The van der Waals surface area contributed by atoms with Crippen molar-refractivity contribution in [1.82, 2.24) is 5.32 Å². The lowest BCUT2D eigenvalue weighted by molar-refractivity contribution is 0.0949. The first-order valence-corrected chi connectivity index (χ1v) is 10.6. The van der Waals surface area contributed by atoms with E-state index in [0.29, 0.717) is 0 Å². The first-order valence-electron chi connectivity index (χ1n) is 8.77. The van der Waals surface area contributed by atoms with E-state index in [4.69, 9.17) is 4.18 Å². The maximum atomic E-state index is 12.8. The zero-order valence-corrected chi connectivity index (χ0v) is 17.5.